The van der Waals surface area contributed by atoms with Crippen LogP contribution in [-0.2, 0) is 16.3 Å². The molecule has 112 valence electrons. The van der Waals surface area contributed by atoms with Crippen molar-refractivity contribution in [2.75, 3.05) is 24.6 Å². The number of thiazole rings is 1. The zero-order valence-electron chi connectivity index (χ0n) is 11.9. The molecule has 0 radical (unpaired) electrons. The number of hydrogen-bond donors (Lipinski definition) is 1. The number of nitrogens with one attached hydrogen (secondary N) is 1. The van der Waals surface area contributed by atoms with Crippen molar-refractivity contribution in [2.45, 2.75) is 44.4 Å². The normalized spacial score (nSPS) is 28.4. The van der Waals surface area contributed by atoms with Gasteiger partial charge in [-0.15, -0.1) is 11.3 Å². The molecule has 20 heavy (non-hydrogen) atoms. The Hall–Kier alpha value is -0.460. The Kier molecular flexibility index (Phi) is 4.15. The molecule has 4 nitrogen and oxygen atoms in total. The summed E-state index contributed by atoms with van der Waals surface area (Å²) in [6.45, 7) is 4.11. The molecule has 2 atom stereocenters. The first-order chi connectivity index (χ1) is 9.59. The third kappa shape index (κ3) is 2.92. The molecule has 1 saturated heterocycles. The third-order valence-electron chi connectivity index (χ3n) is 4.31. The summed E-state index contributed by atoms with van der Waals surface area (Å²) >= 11 is 1.77. The molecule has 1 aliphatic carbocycles. The highest BCUT2D eigenvalue weighted by Crippen LogP contribution is 2.39. The van der Waals surface area contributed by atoms with Crippen LogP contribution in [0.15, 0.2) is 0 Å². The van der Waals surface area contributed by atoms with E-state index in [1.807, 2.05) is 0 Å². The molecular weight excluding hydrogens is 292 g/mol. The molecule has 2 aliphatic rings. The second-order valence-electron chi connectivity index (χ2n) is 5.86. The fraction of sp³-hybridized carbons (Fsp3) is 0.786. The molecule has 0 spiro atoms. The smallest absolute Gasteiger partial charge is 0.151 e. The van der Waals surface area contributed by atoms with E-state index in [9.17, 15) is 8.42 Å². The first-order valence-corrected chi connectivity index (χ1v) is 10.1. The molecular formula is C14H22N2O2S2. The van der Waals surface area contributed by atoms with Crippen molar-refractivity contribution < 1.29 is 8.42 Å². The van der Waals surface area contributed by atoms with Gasteiger partial charge in [0.05, 0.1) is 22.2 Å². The standard InChI is InChI=1S/C14H22N2O2S2/c1-2-15-8-10-4-3-5-12-13(10)16-14(19-12)11-6-7-20(17,18)9-11/h10-11,15H,2-9H2,1H3. The molecule has 2 unspecified atom stereocenters. The van der Waals surface area contributed by atoms with Gasteiger partial charge in [-0.3, -0.25) is 0 Å². The van der Waals surface area contributed by atoms with Gasteiger partial charge in [-0.25, -0.2) is 13.4 Å². The number of likely N-dealkylation sites (N-methyl/N-ethyl adjacent to an activating group) is 1. The van der Waals surface area contributed by atoms with Gasteiger partial charge in [0, 0.05) is 23.3 Å². The van der Waals surface area contributed by atoms with E-state index in [0.717, 1.165) is 30.9 Å². The van der Waals surface area contributed by atoms with Gasteiger partial charge in [-0.05, 0) is 32.2 Å². The van der Waals surface area contributed by atoms with Crippen molar-refractivity contribution >= 4 is 21.2 Å². The van der Waals surface area contributed by atoms with Gasteiger partial charge in [-0.1, -0.05) is 6.92 Å². The largest absolute Gasteiger partial charge is 0.316 e. The summed E-state index contributed by atoms with van der Waals surface area (Å²) in [6, 6.07) is 0. The van der Waals surface area contributed by atoms with E-state index in [2.05, 4.69) is 12.2 Å². The molecule has 1 N–H and O–H groups in total. The van der Waals surface area contributed by atoms with Gasteiger partial charge in [-0.2, -0.15) is 0 Å². The summed E-state index contributed by atoms with van der Waals surface area (Å²) in [5.41, 5.74) is 1.25. The number of fused-ring (bicyclic) bond motifs is 1. The van der Waals surface area contributed by atoms with Crippen molar-refractivity contribution in [2.24, 2.45) is 0 Å². The fourth-order valence-corrected chi connectivity index (χ4v) is 6.39. The van der Waals surface area contributed by atoms with Crippen LogP contribution in [0.25, 0.3) is 0 Å². The van der Waals surface area contributed by atoms with E-state index in [1.165, 1.54) is 23.4 Å². The highest BCUT2D eigenvalue weighted by Gasteiger charge is 2.33. The molecule has 1 aromatic rings. The van der Waals surface area contributed by atoms with Crippen LogP contribution in [0.4, 0.5) is 0 Å². The lowest BCUT2D eigenvalue weighted by Gasteiger charge is -2.21. The van der Waals surface area contributed by atoms with Crippen LogP contribution in [0.1, 0.15) is 53.6 Å². The van der Waals surface area contributed by atoms with Crippen LogP contribution in [0, 0.1) is 0 Å². The molecule has 0 amide bonds. The molecule has 1 aliphatic heterocycles. The number of nitrogens with zero attached hydrogens (tertiary/aromatic N) is 1. The number of aryl methyl sites for hydroxylation is 1. The molecule has 3 rings (SSSR count). The number of sulfone groups is 1. The minimum atomic E-state index is -2.82. The van der Waals surface area contributed by atoms with Crippen LogP contribution >= 0.6 is 11.3 Å². The summed E-state index contributed by atoms with van der Waals surface area (Å²) in [4.78, 5) is 6.25. The van der Waals surface area contributed by atoms with Gasteiger partial charge in [0.25, 0.3) is 0 Å². The minimum absolute atomic E-state index is 0.149. The van der Waals surface area contributed by atoms with E-state index in [4.69, 9.17) is 4.98 Å². The number of hydrogen-bond acceptors (Lipinski definition) is 5. The van der Waals surface area contributed by atoms with Gasteiger partial charge in [0.15, 0.2) is 9.84 Å². The van der Waals surface area contributed by atoms with Crippen LogP contribution in [0.3, 0.4) is 0 Å². The molecule has 1 fully saturated rings. The number of aromatic nitrogens is 1. The quantitative estimate of drug-likeness (QED) is 0.924. The predicted molar refractivity (Wildman–Crippen MR) is 82.3 cm³/mol. The summed E-state index contributed by atoms with van der Waals surface area (Å²) < 4.78 is 23.3. The fourth-order valence-electron chi connectivity index (χ4n) is 3.21. The van der Waals surface area contributed by atoms with Crippen LogP contribution < -0.4 is 5.32 Å². The van der Waals surface area contributed by atoms with Gasteiger partial charge in [0.2, 0.25) is 0 Å². The minimum Gasteiger partial charge on any atom is -0.316 e. The summed E-state index contributed by atoms with van der Waals surface area (Å²) in [7, 11) is -2.82. The summed E-state index contributed by atoms with van der Waals surface area (Å²) in [5.74, 6) is 1.30. The van der Waals surface area contributed by atoms with Gasteiger partial charge < -0.3 is 5.32 Å². The Labute approximate surface area is 124 Å². The lowest BCUT2D eigenvalue weighted by Crippen LogP contribution is -2.24. The lowest BCUT2D eigenvalue weighted by molar-refractivity contribution is 0.507. The Morgan fingerprint density at radius 3 is 2.95 bits per heavy atom. The Morgan fingerprint density at radius 1 is 1.40 bits per heavy atom. The van der Waals surface area contributed by atoms with Crippen molar-refractivity contribution in [3.63, 3.8) is 0 Å². The van der Waals surface area contributed by atoms with Gasteiger partial charge in [0.1, 0.15) is 0 Å². The first kappa shape index (κ1) is 14.5. The van der Waals surface area contributed by atoms with E-state index < -0.39 is 9.84 Å². The van der Waals surface area contributed by atoms with Crippen LogP contribution in [0.5, 0.6) is 0 Å². The maximum Gasteiger partial charge on any atom is 0.151 e. The SMILES string of the molecule is CCNCC1CCCc2sc(C3CCS(=O)(=O)C3)nc21. The average molecular weight is 314 g/mol. The number of rotatable bonds is 4. The first-order valence-electron chi connectivity index (χ1n) is 7.49. The Morgan fingerprint density at radius 2 is 2.25 bits per heavy atom. The third-order valence-corrected chi connectivity index (χ3v) is 7.37. The topological polar surface area (TPSA) is 59.1 Å². The maximum atomic E-state index is 11.6. The van der Waals surface area contributed by atoms with E-state index in [1.54, 1.807) is 11.3 Å². The van der Waals surface area contributed by atoms with E-state index in [0.29, 0.717) is 17.4 Å². The Balaban J connectivity index is 1.80. The van der Waals surface area contributed by atoms with Gasteiger partial charge >= 0.3 is 0 Å². The molecule has 0 aromatic carbocycles. The van der Waals surface area contributed by atoms with Crippen LogP contribution in [-0.4, -0.2) is 38.0 Å². The predicted octanol–water partition coefficient (Wildman–Crippen LogP) is 2.07. The molecule has 0 bridgehead atoms. The molecule has 6 heteroatoms. The zero-order chi connectivity index (χ0) is 14.2. The van der Waals surface area contributed by atoms with Crippen molar-refractivity contribution in [1.82, 2.24) is 10.3 Å². The van der Waals surface area contributed by atoms with Crippen molar-refractivity contribution in [3.05, 3.63) is 15.6 Å². The monoisotopic (exact) mass is 314 g/mol. The van der Waals surface area contributed by atoms with Crippen molar-refractivity contribution in [3.8, 4) is 0 Å². The summed E-state index contributed by atoms with van der Waals surface area (Å²) in [5, 5.41) is 4.49. The van der Waals surface area contributed by atoms with E-state index in [-0.39, 0.29) is 5.92 Å². The zero-order valence-corrected chi connectivity index (χ0v) is 13.5. The van der Waals surface area contributed by atoms with Crippen molar-refractivity contribution in [1.29, 1.82) is 0 Å². The molecule has 0 saturated carbocycles. The average Bonchev–Trinajstić information content (AvgIpc) is 2.99. The second kappa shape index (κ2) is 5.73. The van der Waals surface area contributed by atoms with E-state index >= 15 is 0 Å². The molecule has 1 aromatic heterocycles. The molecule has 2 heterocycles. The Bertz CT molecular complexity index is 580. The maximum absolute atomic E-state index is 11.6. The van der Waals surface area contributed by atoms with Crippen LogP contribution in [0.2, 0.25) is 0 Å². The second-order valence-corrected chi connectivity index (χ2v) is 9.20. The highest BCUT2D eigenvalue weighted by atomic mass is 32.2. The summed E-state index contributed by atoms with van der Waals surface area (Å²) in [6.07, 6.45) is 4.31. The lowest BCUT2D eigenvalue weighted by atomic mass is 9.91. The highest BCUT2D eigenvalue weighted by molar-refractivity contribution is 7.91.